The average molecular weight is 517 g/mol. The highest BCUT2D eigenvalue weighted by molar-refractivity contribution is 14.0. The first-order valence-electron chi connectivity index (χ1n) is 10.5. The lowest BCUT2D eigenvalue weighted by Crippen LogP contribution is -2.54. The third kappa shape index (κ3) is 6.84. The van der Waals surface area contributed by atoms with Crippen molar-refractivity contribution in [2.45, 2.75) is 39.8 Å². The molecular formula is C20H36IN7O. The molecule has 0 bridgehead atoms. The second kappa shape index (κ2) is 11.7. The molecule has 1 N–H and O–H groups in total. The number of imidazole rings is 1. The van der Waals surface area contributed by atoms with E-state index in [-0.39, 0.29) is 29.9 Å². The zero-order chi connectivity index (χ0) is 19.9. The number of carbonyl (C=O) groups is 1. The summed E-state index contributed by atoms with van der Waals surface area (Å²) in [5.41, 5.74) is 0. The van der Waals surface area contributed by atoms with Crippen LogP contribution in [-0.4, -0.2) is 89.0 Å². The Balaban J connectivity index is 0.00000300. The molecule has 0 unspecified atom stereocenters. The predicted molar refractivity (Wildman–Crippen MR) is 127 cm³/mol. The fourth-order valence-corrected chi connectivity index (χ4v) is 3.93. The highest BCUT2D eigenvalue weighted by Crippen LogP contribution is 2.10. The topological polar surface area (TPSA) is 69.0 Å². The van der Waals surface area contributed by atoms with Crippen molar-refractivity contribution in [1.29, 1.82) is 0 Å². The second-order valence-electron chi connectivity index (χ2n) is 8.14. The summed E-state index contributed by atoms with van der Waals surface area (Å²) in [7, 11) is 1.83. The van der Waals surface area contributed by atoms with Gasteiger partial charge < -0.3 is 19.7 Å². The Hall–Kier alpha value is -1.36. The summed E-state index contributed by atoms with van der Waals surface area (Å²) < 4.78 is 2.20. The molecule has 0 spiro atoms. The summed E-state index contributed by atoms with van der Waals surface area (Å²) in [5.74, 6) is 2.81. The van der Waals surface area contributed by atoms with Gasteiger partial charge in [0.25, 0.3) is 0 Å². The van der Waals surface area contributed by atoms with Gasteiger partial charge in [-0.2, -0.15) is 0 Å². The van der Waals surface area contributed by atoms with Gasteiger partial charge in [-0.1, -0.05) is 13.8 Å². The minimum Gasteiger partial charge on any atom is -0.349 e. The Morgan fingerprint density at radius 1 is 1.14 bits per heavy atom. The lowest BCUT2D eigenvalue weighted by molar-refractivity contribution is -0.131. The number of rotatable bonds is 6. The van der Waals surface area contributed by atoms with Gasteiger partial charge in [-0.15, -0.1) is 24.0 Å². The molecule has 164 valence electrons. The number of carbonyl (C=O) groups excluding carboxylic acids is 1. The number of piperazine rings is 1. The molecule has 9 heteroatoms. The van der Waals surface area contributed by atoms with Crippen molar-refractivity contribution in [3.05, 3.63) is 18.2 Å². The summed E-state index contributed by atoms with van der Waals surface area (Å²) in [6, 6.07) is 0. The fourth-order valence-electron chi connectivity index (χ4n) is 3.93. The molecule has 3 rings (SSSR count). The molecule has 2 aliphatic rings. The number of guanidine groups is 1. The monoisotopic (exact) mass is 517 g/mol. The molecule has 29 heavy (non-hydrogen) atoms. The van der Waals surface area contributed by atoms with Crippen molar-refractivity contribution in [1.82, 2.24) is 29.6 Å². The Labute approximate surface area is 191 Å². The molecule has 8 nitrogen and oxygen atoms in total. The van der Waals surface area contributed by atoms with E-state index >= 15 is 0 Å². The average Bonchev–Trinajstić information content (AvgIpc) is 3.35. The van der Waals surface area contributed by atoms with Gasteiger partial charge in [0, 0.05) is 65.3 Å². The van der Waals surface area contributed by atoms with Crippen LogP contribution in [-0.2, 0) is 17.9 Å². The number of likely N-dealkylation sites (tertiary alicyclic amines) is 1. The maximum atomic E-state index is 12.4. The lowest BCUT2D eigenvalue weighted by Gasteiger charge is -2.36. The molecule has 2 saturated heterocycles. The van der Waals surface area contributed by atoms with Gasteiger partial charge in [-0.3, -0.25) is 14.7 Å². The normalized spacial score (nSPS) is 18.3. The Morgan fingerprint density at radius 2 is 1.83 bits per heavy atom. The molecular weight excluding hydrogens is 481 g/mol. The number of halogens is 1. The number of amides is 1. The van der Waals surface area contributed by atoms with E-state index in [4.69, 9.17) is 0 Å². The zero-order valence-electron chi connectivity index (χ0n) is 18.0. The molecule has 1 aromatic rings. The van der Waals surface area contributed by atoms with E-state index in [1.54, 1.807) is 0 Å². The Bertz CT molecular complexity index is 662. The van der Waals surface area contributed by atoms with Crippen molar-refractivity contribution < 1.29 is 4.79 Å². The third-order valence-electron chi connectivity index (χ3n) is 5.47. The van der Waals surface area contributed by atoms with Crippen molar-refractivity contribution in [3.63, 3.8) is 0 Å². The molecule has 1 aromatic heterocycles. The van der Waals surface area contributed by atoms with Gasteiger partial charge in [0.05, 0.1) is 13.1 Å². The van der Waals surface area contributed by atoms with Gasteiger partial charge in [-0.05, 0) is 18.8 Å². The van der Waals surface area contributed by atoms with Crippen LogP contribution in [0.25, 0.3) is 0 Å². The first kappa shape index (κ1) is 23.9. The summed E-state index contributed by atoms with van der Waals surface area (Å²) in [6.45, 7) is 12.0. The van der Waals surface area contributed by atoms with Crippen LogP contribution in [0.1, 0.15) is 32.5 Å². The van der Waals surface area contributed by atoms with E-state index in [1.165, 1.54) is 0 Å². The molecule has 0 aliphatic carbocycles. The van der Waals surface area contributed by atoms with Gasteiger partial charge in [0.1, 0.15) is 5.82 Å². The molecule has 3 heterocycles. The summed E-state index contributed by atoms with van der Waals surface area (Å²) in [6.07, 6.45) is 6.20. The van der Waals surface area contributed by atoms with Crippen LogP contribution in [0.15, 0.2) is 17.4 Å². The number of nitrogens with zero attached hydrogens (tertiary/aromatic N) is 6. The van der Waals surface area contributed by atoms with Gasteiger partial charge >= 0.3 is 0 Å². The summed E-state index contributed by atoms with van der Waals surface area (Å²) in [5, 5.41) is 3.45. The van der Waals surface area contributed by atoms with Crippen LogP contribution >= 0.6 is 24.0 Å². The van der Waals surface area contributed by atoms with Gasteiger partial charge in [0.15, 0.2) is 5.96 Å². The Morgan fingerprint density at radius 3 is 2.45 bits per heavy atom. The molecule has 1 amide bonds. The van der Waals surface area contributed by atoms with Crippen molar-refractivity contribution >= 4 is 35.8 Å². The van der Waals surface area contributed by atoms with Crippen LogP contribution in [0.3, 0.4) is 0 Å². The standard InChI is InChI=1S/C20H35N7O.HI/c1-17(2)15-27-9-6-22-18(27)14-23-20(21-3)26-12-10-24(11-13-26)16-19(28)25-7-4-5-8-25;/h6,9,17H,4-5,7-8,10-16H2,1-3H3,(H,21,23);1H. The van der Waals surface area contributed by atoms with Gasteiger partial charge in [-0.25, -0.2) is 4.98 Å². The van der Waals surface area contributed by atoms with Crippen molar-refractivity contribution in [2.75, 3.05) is 52.9 Å². The van der Waals surface area contributed by atoms with E-state index in [9.17, 15) is 4.79 Å². The number of hydrogen-bond acceptors (Lipinski definition) is 4. The maximum Gasteiger partial charge on any atom is 0.236 e. The maximum absolute atomic E-state index is 12.4. The fraction of sp³-hybridized carbons (Fsp3) is 0.750. The molecule has 0 aromatic carbocycles. The minimum atomic E-state index is 0. The van der Waals surface area contributed by atoms with E-state index in [0.29, 0.717) is 19.0 Å². The largest absolute Gasteiger partial charge is 0.349 e. The second-order valence-corrected chi connectivity index (χ2v) is 8.14. The van der Waals surface area contributed by atoms with E-state index in [0.717, 1.165) is 70.4 Å². The van der Waals surface area contributed by atoms with Crippen LogP contribution in [0, 0.1) is 5.92 Å². The van der Waals surface area contributed by atoms with E-state index in [2.05, 4.69) is 43.5 Å². The number of aliphatic imine (C=N–C) groups is 1. The minimum absolute atomic E-state index is 0. The predicted octanol–water partition coefficient (Wildman–Crippen LogP) is 1.47. The number of nitrogens with one attached hydrogen (secondary N) is 1. The van der Waals surface area contributed by atoms with Crippen LogP contribution in [0.5, 0.6) is 0 Å². The summed E-state index contributed by atoms with van der Waals surface area (Å²) in [4.78, 5) is 27.8. The zero-order valence-corrected chi connectivity index (χ0v) is 20.3. The van der Waals surface area contributed by atoms with Crippen molar-refractivity contribution in [2.24, 2.45) is 10.9 Å². The molecule has 0 radical (unpaired) electrons. The van der Waals surface area contributed by atoms with Crippen LogP contribution in [0.2, 0.25) is 0 Å². The highest BCUT2D eigenvalue weighted by Gasteiger charge is 2.24. The molecule has 0 atom stereocenters. The SMILES string of the molecule is CN=C(NCc1nccn1CC(C)C)N1CCN(CC(=O)N2CCCC2)CC1.I. The molecule has 2 fully saturated rings. The molecule has 2 aliphatic heterocycles. The van der Waals surface area contributed by atoms with Gasteiger partial charge in [0.2, 0.25) is 5.91 Å². The first-order valence-corrected chi connectivity index (χ1v) is 10.5. The summed E-state index contributed by atoms with van der Waals surface area (Å²) >= 11 is 0. The van der Waals surface area contributed by atoms with E-state index in [1.807, 2.05) is 24.3 Å². The smallest absolute Gasteiger partial charge is 0.236 e. The van der Waals surface area contributed by atoms with E-state index < -0.39 is 0 Å². The highest BCUT2D eigenvalue weighted by atomic mass is 127. The number of hydrogen-bond donors (Lipinski definition) is 1. The quantitative estimate of drug-likeness (QED) is 0.352. The third-order valence-corrected chi connectivity index (χ3v) is 5.47. The Kier molecular flexibility index (Phi) is 9.67. The first-order chi connectivity index (χ1) is 13.6. The molecule has 0 saturated carbocycles. The number of aromatic nitrogens is 2. The van der Waals surface area contributed by atoms with Crippen LogP contribution < -0.4 is 5.32 Å². The van der Waals surface area contributed by atoms with Crippen LogP contribution in [0.4, 0.5) is 0 Å². The lowest BCUT2D eigenvalue weighted by atomic mass is 10.2. The van der Waals surface area contributed by atoms with Crippen molar-refractivity contribution in [3.8, 4) is 0 Å².